The lowest BCUT2D eigenvalue weighted by Gasteiger charge is -2.41. The van der Waals surface area contributed by atoms with Crippen LogP contribution in [0.25, 0.3) is 22.3 Å². The Kier molecular flexibility index (Phi) is 23.6. The number of hydrogen-bond donors (Lipinski definition) is 8. The van der Waals surface area contributed by atoms with Gasteiger partial charge >= 0.3 is 5.97 Å². The maximum absolute atomic E-state index is 15.1. The highest BCUT2D eigenvalue weighted by Gasteiger charge is 2.46. The minimum absolute atomic E-state index is 0.00116. The summed E-state index contributed by atoms with van der Waals surface area (Å²) in [7, 11) is 0. The van der Waals surface area contributed by atoms with Gasteiger partial charge in [-0.15, -0.1) is 0 Å². The number of nitrogens with zero attached hydrogens (tertiary/aromatic N) is 4. The maximum Gasteiger partial charge on any atom is 0.343 e. The summed E-state index contributed by atoms with van der Waals surface area (Å²) >= 11 is 0. The van der Waals surface area contributed by atoms with Crippen LogP contribution in [0.4, 0.5) is 4.39 Å². The number of aromatic nitrogens is 2. The molecule has 8 rings (SSSR count). The van der Waals surface area contributed by atoms with E-state index >= 15 is 4.39 Å². The molecule has 87 heavy (non-hydrogen) atoms. The molecule has 1 aromatic carbocycles. The normalized spacial score (nSPS) is 17.6. The molecule has 3 unspecified atom stereocenters. The molecular formula is C57H72FN11O18. The van der Waals surface area contributed by atoms with Gasteiger partial charge < -0.3 is 75.5 Å². The summed E-state index contributed by atoms with van der Waals surface area (Å²) in [6.45, 7) is 7.52. The van der Waals surface area contributed by atoms with Crippen molar-refractivity contribution in [1.82, 2.24) is 56.6 Å². The minimum Gasteiger partial charge on any atom is -0.458 e. The summed E-state index contributed by atoms with van der Waals surface area (Å²) in [6.07, 6.45) is 4.27. The number of nitrogens with one attached hydrogen (secondary N) is 7. The first-order chi connectivity index (χ1) is 41.8. The molecule has 470 valence electrons. The Balaban J connectivity index is 0.000000249. The summed E-state index contributed by atoms with van der Waals surface area (Å²) < 4.78 is 43.2. The summed E-state index contributed by atoms with van der Waals surface area (Å²) in [5.41, 5.74) is 1.85. The zero-order valence-corrected chi connectivity index (χ0v) is 48.6. The van der Waals surface area contributed by atoms with Crippen molar-refractivity contribution in [2.24, 2.45) is 0 Å². The number of pyridine rings is 2. The van der Waals surface area contributed by atoms with Crippen molar-refractivity contribution < 1.29 is 85.9 Å². The Morgan fingerprint density at radius 3 is 1.98 bits per heavy atom. The maximum atomic E-state index is 15.1. The SMILES string of the molecule is CCC1(O)C(=O)OCc2c1cc1n(c2=O)Cc2c-1nc1cc(F)c(C)c3c1c2C(NC(=O)C1CCN1C(=O)CNC=O)CC3.CCNC(=O)CNC(=O)CNC(=O)CNC(=O)CCOCCOCCOCCOCCNC(=O)CCN1C(=O)C=CC1=O. The van der Waals surface area contributed by atoms with E-state index in [1.807, 2.05) is 0 Å². The third-order valence-corrected chi connectivity index (χ3v) is 15.0. The van der Waals surface area contributed by atoms with Crippen molar-refractivity contribution in [1.29, 1.82) is 0 Å². The number of aliphatic hydroxyl groups is 1. The van der Waals surface area contributed by atoms with Gasteiger partial charge in [0.15, 0.2) is 5.60 Å². The second-order valence-corrected chi connectivity index (χ2v) is 20.5. The van der Waals surface area contributed by atoms with E-state index in [1.165, 1.54) is 27.7 Å². The summed E-state index contributed by atoms with van der Waals surface area (Å²) in [4.78, 5) is 151. The highest BCUT2D eigenvalue weighted by Crippen LogP contribution is 2.46. The Labute approximate surface area is 498 Å². The van der Waals surface area contributed by atoms with Crippen molar-refractivity contribution in [2.75, 3.05) is 105 Å². The Morgan fingerprint density at radius 2 is 1.37 bits per heavy atom. The minimum atomic E-state index is -1.99. The molecule has 2 aromatic heterocycles. The molecule has 10 amide bonds. The smallest absolute Gasteiger partial charge is 0.343 e. The lowest BCUT2D eigenvalue weighted by atomic mass is 9.81. The molecule has 30 heteroatoms. The Bertz CT molecular complexity index is 3230. The van der Waals surface area contributed by atoms with E-state index in [9.17, 15) is 62.6 Å². The first-order valence-corrected chi connectivity index (χ1v) is 28.6. The third kappa shape index (κ3) is 16.5. The number of esters is 1. The third-order valence-electron chi connectivity index (χ3n) is 15.0. The largest absolute Gasteiger partial charge is 0.458 e. The molecule has 3 atom stereocenters. The summed E-state index contributed by atoms with van der Waals surface area (Å²) in [5, 5.41) is 29.7. The predicted octanol–water partition coefficient (Wildman–Crippen LogP) is -2.66. The number of likely N-dealkylation sites (tertiary alicyclic amines) is 1. The van der Waals surface area contributed by atoms with Crippen LogP contribution in [0.2, 0.25) is 0 Å². The van der Waals surface area contributed by atoms with Gasteiger partial charge in [0.1, 0.15) is 18.5 Å². The molecular weight excluding hydrogens is 1150 g/mol. The fourth-order valence-corrected chi connectivity index (χ4v) is 10.3. The van der Waals surface area contributed by atoms with Crippen molar-refractivity contribution >= 4 is 76.4 Å². The van der Waals surface area contributed by atoms with Gasteiger partial charge in [-0.25, -0.2) is 14.2 Å². The second kappa shape index (κ2) is 31.2. The van der Waals surface area contributed by atoms with Crippen LogP contribution in [0, 0.1) is 12.7 Å². The van der Waals surface area contributed by atoms with Crippen LogP contribution in [0.1, 0.15) is 85.4 Å². The average molecular weight is 1220 g/mol. The lowest BCUT2D eigenvalue weighted by molar-refractivity contribution is -0.172. The number of ether oxygens (including phenoxy) is 5. The number of benzene rings is 1. The van der Waals surface area contributed by atoms with E-state index in [1.54, 1.807) is 26.8 Å². The standard InChI is InChI=1S/C31H30FN5O7.C26H42N6O11/c1-3-31(43)18-8-23-27-16(11-37(23)29(41)17(18)12-44-30(31)42)26-20(5-4-15-14(2)19(32)9-21(34-27)25(15)26)35-28(40)22-6-7-36(22)24(39)10-33-13-38;1-2-27-22(35)17-30-24(37)19-31-23(36)18-29-21(34)6-9-40-11-13-42-15-16-43-14-12-41-10-7-28-20(33)5-8-32-25(38)3-4-26(32)39/h8-9,13,20,22,43H,3-7,10-12H2,1-2H3,(H,33,38)(H,35,40);3-4H,2,5-19H2,1H3,(H,27,35)(H,28,33)(H,29,34)(H,30,37)(H,31,36). The summed E-state index contributed by atoms with van der Waals surface area (Å²) in [6, 6.07) is 1.76. The zero-order valence-electron chi connectivity index (χ0n) is 48.6. The molecule has 29 nitrogen and oxygen atoms in total. The van der Waals surface area contributed by atoms with Gasteiger partial charge in [0, 0.05) is 73.8 Å². The molecule has 5 aliphatic rings. The van der Waals surface area contributed by atoms with Crippen molar-refractivity contribution in [3.63, 3.8) is 0 Å². The molecule has 0 radical (unpaired) electrons. The first kappa shape index (κ1) is 66.0. The van der Waals surface area contributed by atoms with Gasteiger partial charge in [-0.1, -0.05) is 6.92 Å². The quantitative estimate of drug-likeness (QED) is 0.0110. The molecule has 0 saturated carbocycles. The van der Waals surface area contributed by atoms with Crippen molar-refractivity contribution in [3.05, 3.63) is 73.8 Å². The van der Waals surface area contributed by atoms with Crippen LogP contribution in [0.15, 0.2) is 29.1 Å². The number of rotatable bonds is 31. The molecule has 4 aliphatic heterocycles. The highest BCUT2D eigenvalue weighted by molar-refractivity contribution is 6.13. The number of likely N-dealkylation sites (N-methyl/N-ethyl adjacent to an activating group) is 1. The van der Waals surface area contributed by atoms with E-state index in [0.29, 0.717) is 106 Å². The fourth-order valence-electron chi connectivity index (χ4n) is 10.3. The number of imide groups is 1. The molecule has 1 saturated heterocycles. The first-order valence-electron chi connectivity index (χ1n) is 28.6. The number of carbonyl (C=O) groups is 11. The molecule has 8 N–H and O–H groups in total. The number of hydrogen-bond acceptors (Lipinski definition) is 19. The van der Waals surface area contributed by atoms with E-state index in [-0.39, 0.29) is 126 Å². The molecule has 0 spiro atoms. The van der Waals surface area contributed by atoms with Gasteiger partial charge in [-0.2, -0.15) is 0 Å². The Hall–Kier alpha value is -8.58. The van der Waals surface area contributed by atoms with E-state index in [0.717, 1.165) is 21.4 Å². The molecule has 6 heterocycles. The average Bonchev–Trinajstić information content (AvgIpc) is 1.66. The van der Waals surface area contributed by atoms with Gasteiger partial charge in [-0.3, -0.25) is 57.6 Å². The number of halogens is 1. The van der Waals surface area contributed by atoms with Gasteiger partial charge in [0.25, 0.3) is 17.4 Å². The second-order valence-electron chi connectivity index (χ2n) is 20.5. The molecule has 0 bridgehead atoms. The fraction of sp³-hybridized carbons (Fsp3) is 0.526. The van der Waals surface area contributed by atoms with E-state index in [2.05, 4.69) is 37.2 Å². The van der Waals surface area contributed by atoms with E-state index in [4.69, 9.17) is 28.7 Å². The van der Waals surface area contributed by atoms with Crippen LogP contribution < -0.4 is 42.8 Å². The monoisotopic (exact) mass is 1220 g/mol. The molecule has 3 aromatic rings. The van der Waals surface area contributed by atoms with Crippen LogP contribution >= 0.6 is 0 Å². The Morgan fingerprint density at radius 1 is 0.759 bits per heavy atom. The number of aryl methyl sites for hydroxylation is 1. The lowest BCUT2D eigenvalue weighted by Crippen LogP contribution is -2.60. The summed E-state index contributed by atoms with van der Waals surface area (Å²) in [5.74, 6) is -4.85. The van der Waals surface area contributed by atoms with Crippen LogP contribution in [-0.4, -0.2) is 201 Å². The number of carbonyl (C=O) groups excluding carboxylic acids is 11. The number of cyclic esters (lactones) is 1. The van der Waals surface area contributed by atoms with Crippen LogP contribution in [0.3, 0.4) is 0 Å². The topological polar surface area (TPSA) is 380 Å². The van der Waals surface area contributed by atoms with E-state index < -0.39 is 58.7 Å². The number of fused-ring (bicyclic) bond motifs is 5. The molecule has 1 fully saturated rings. The van der Waals surface area contributed by atoms with Crippen LogP contribution in [0.5, 0.6) is 0 Å². The van der Waals surface area contributed by atoms with Gasteiger partial charge in [0.2, 0.25) is 47.8 Å². The highest BCUT2D eigenvalue weighted by atomic mass is 19.1. The molecule has 1 aliphatic carbocycles. The van der Waals surface area contributed by atoms with Gasteiger partial charge in [-0.05, 0) is 62.3 Å². The predicted molar refractivity (Wildman–Crippen MR) is 302 cm³/mol. The van der Waals surface area contributed by atoms with Crippen LogP contribution in [-0.2, 0) is 102 Å². The van der Waals surface area contributed by atoms with Crippen molar-refractivity contribution in [3.8, 4) is 11.4 Å². The number of amides is 10. The zero-order chi connectivity index (χ0) is 62.8. The van der Waals surface area contributed by atoms with Crippen molar-refractivity contribution in [2.45, 2.75) is 90.1 Å². The van der Waals surface area contributed by atoms with Gasteiger partial charge in [0.05, 0.1) is 114 Å².